The molecule has 2 N–H and O–H groups in total. The van der Waals surface area contributed by atoms with Crippen LogP contribution in [0.25, 0.3) is 0 Å². The van der Waals surface area contributed by atoms with Gasteiger partial charge in [0.05, 0.1) is 0 Å². The van der Waals surface area contributed by atoms with Crippen LogP contribution in [0.5, 0.6) is 0 Å². The summed E-state index contributed by atoms with van der Waals surface area (Å²) in [7, 11) is 0. The number of nitrogens with zero attached hydrogens (tertiary/aromatic N) is 2. The molecule has 1 aliphatic carbocycles. The zero-order valence-electron chi connectivity index (χ0n) is 13.5. The van der Waals surface area contributed by atoms with Gasteiger partial charge in [-0.3, -0.25) is 9.69 Å². The van der Waals surface area contributed by atoms with Gasteiger partial charge in [-0.05, 0) is 57.5 Å². The molecule has 0 aromatic carbocycles. The zero-order chi connectivity index (χ0) is 14.8. The van der Waals surface area contributed by atoms with Crippen molar-refractivity contribution in [3.8, 4) is 0 Å². The Bertz CT molecular complexity index is 367. The van der Waals surface area contributed by atoms with E-state index in [0.29, 0.717) is 23.9 Å². The molecular formula is C17H31N3O. The number of likely N-dealkylation sites (tertiary alicyclic amines) is 2. The number of nitrogens with two attached hydrogens (primary N) is 1. The number of piperidine rings is 1. The monoisotopic (exact) mass is 293 g/mol. The highest BCUT2D eigenvalue weighted by Gasteiger charge is 2.37. The van der Waals surface area contributed by atoms with Crippen LogP contribution in [-0.2, 0) is 4.79 Å². The molecular weight excluding hydrogens is 262 g/mol. The Morgan fingerprint density at radius 3 is 2.52 bits per heavy atom. The summed E-state index contributed by atoms with van der Waals surface area (Å²) in [6.07, 6.45) is 8.25. The van der Waals surface area contributed by atoms with Gasteiger partial charge in [-0.25, -0.2) is 0 Å². The van der Waals surface area contributed by atoms with Gasteiger partial charge in [-0.1, -0.05) is 13.3 Å². The average Bonchev–Trinajstić information content (AvgIpc) is 2.97. The molecule has 21 heavy (non-hydrogen) atoms. The summed E-state index contributed by atoms with van der Waals surface area (Å²) in [5, 5.41) is 0. The first-order chi connectivity index (χ1) is 10.1. The number of amides is 1. The molecule has 3 aliphatic rings. The zero-order valence-corrected chi connectivity index (χ0v) is 13.5. The van der Waals surface area contributed by atoms with Gasteiger partial charge in [0.15, 0.2) is 0 Å². The number of rotatable bonds is 2. The summed E-state index contributed by atoms with van der Waals surface area (Å²) in [5.74, 6) is 1.09. The van der Waals surface area contributed by atoms with Crippen LogP contribution in [0.1, 0.15) is 51.9 Å². The van der Waals surface area contributed by atoms with Crippen molar-refractivity contribution >= 4 is 5.91 Å². The maximum absolute atomic E-state index is 12.8. The second-order valence-corrected chi connectivity index (χ2v) is 7.48. The molecule has 2 heterocycles. The third kappa shape index (κ3) is 3.42. The molecule has 2 saturated heterocycles. The van der Waals surface area contributed by atoms with Gasteiger partial charge >= 0.3 is 0 Å². The molecule has 1 saturated carbocycles. The smallest absolute Gasteiger partial charge is 0.226 e. The first kappa shape index (κ1) is 15.3. The molecule has 4 heteroatoms. The topological polar surface area (TPSA) is 49.6 Å². The lowest BCUT2D eigenvalue weighted by Gasteiger charge is -2.35. The minimum Gasteiger partial charge on any atom is -0.341 e. The van der Waals surface area contributed by atoms with Crippen LogP contribution in [-0.4, -0.2) is 54.0 Å². The lowest BCUT2D eigenvalue weighted by Crippen LogP contribution is -2.45. The van der Waals surface area contributed by atoms with Gasteiger partial charge in [0.1, 0.15) is 0 Å². The van der Waals surface area contributed by atoms with Crippen molar-refractivity contribution in [2.24, 2.45) is 17.6 Å². The maximum atomic E-state index is 12.8. The van der Waals surface area contributed by atoms with Crippen molar-refractivity contribution in [1.29, 1.82) is 0 Å². The first-order valence-electron chi connectivity index (χ1n) is 8.93. The minimum atomic E-state index is 0.227. The highest BCUT2D eigenvalue weighted by atomic mass is 16.2. The molecule has 0 radical (unpaired) electrons. The molecule has 4 unspecified atom stereocenters. The van der Waals surface area contributed by atoms with Crippen LogP contribution in [0, 0.1) is 11.8 Å². The Morgan fingerprint density at radius 2 is 1.81 bits per heavy atom. The Kier molecular flexibility index (Phi) is 4.85. The Labute approximate surface area is 129 Å². The highest BCUT2D eigenvalue weighted by Crippen LogP contribution is 2.32. The molecule has 4 atom stereocenters. The fraction of sp³-hybridized carbons (Fsp3) is 0.941. The first-order valence-corrected chi connectivity index (χ1v) is 8.93. The Morgan fingerprint density at radius 1 is 1.05 bits per heavy atom. The molecule has 3 fully saturated rings. The lowest BCUT2D eigenvalue weighted by atomic mass is 9.77. The molecule has 3 rings (SSSR count). The van der Waals surface area contributed by atoms with Gasteiger partial charge < -0.3 is 10.6 Å². The molecule has 0 bridgehead atoms. The third-order valence-corrected chi connectivity index (χ3v) is 5.91. The maximum Gasteiger partial charge on any atom is 0.226 e. The van der Waals surface area contributed by atoms with E-state index in [1.807, 2.05) is 0 Å². The van der Waals surface area contributed by atoms with E-state index in [1.54, 1.807) is 0 Å². The molecule has 0 aromatic heterocycles. The van der Waals surface area contributed by atoms with Gasteiger partial charge in [0.2, 0.25) is 5.91 Å². The van der Waals surface area contributed by atoms with E-state index in [9.17, 15) is 4.79 Å². The normalized spacial score (nSPS) is 38.7. The second kappa shape index (κ2) is 6.66. The lowest BCUT2D eigenvalue weighted by molar-refractivity contribution is -0.137. The van der Waals surface area contributed by atoms with Gasteiger partial charge in [-0.2, -0.15) is 0 Å². The predicted molar refractivity (Wildman–Crippen MR) is 84.9 cm³/mol. The number of carbonyl (C=O) groups is 1. The van der Waals surface area contributed by atoms with Crippen LogP contribution >= 0.6 is 0 Å². The summed E-state index contributed by atoms with van der Waals surface area (Å²) in [5.41, 5.74) is 6.03. The Hall–Kier alpha value is -0.610. The number of carbonyl (C=O) groups excluding carboxylic acids is 1. The number of hydrogen-bond acceptors (Lipinski definition) is 3. The predicted octanol–water partition coefficient (Wildman–Crippen LogP) is 1.84. The van der Waals surface area contributed by atoms with E-state index in [4.69, 9.17) is 5.73 Å². The van der Waals surface area contributed by atoms with Crippen molar-refractivity contribution in [3.63, 3.8) is 0 Å². The van der Waals surface area contributed by atoms with Crippen LogP contribution in [0.15, 0.2) is 0 Å². The fourth-order valence-corrected chi connectivity index (χ4v) is 4.56. The van der Waals surface area contributed by atoms with Crippen LogP contribution < -0.4 is 5.73 Å². The van der Waals surface area contributed by atoms with Crippen molar-refractivity contribution in [2.45, 2.75) is 64.0 Å². The summed E-state index contributed by atoms with van der Waals surface area (Å²) >= 11 is 0. The number of hydrogen-bond donors (Lipinski definition) is 1. The van der Waals surface area contributed by atoms with Crippen molar-refractivity contribution in [1.82, 2.24) is 9.80 Å². The minimum absolute atomic E-state index is 0.227. The van der Waals surface area contributed by atoms with Gasteiger partial charge in [-0.15, -0.1) is 0 Å². The van der Waals surface area contributed by atoms with E-state index in [0.717, 1.165) is 32.4 Å². The van der Waals surface area contributed by atoms with E-state index in [1.165, 1.54) is 38.8 Å². The average molecular weight is 293 g/mol. The summed E-state index contributed by atoms with van der Waals surface area (Å²) < 4.78 is 0. The summed E-state index contributed by atoms with van der Waals surface area (Å²) in [6.45, 7) is 6.62. The van der Waals surface area contributed by atoms with E-state index in [2.05, 4.69) is 16.7 Å². The standard InChI is InChI=1S/C17H31N3O/c1-13-11-14(18)5-6-16(13)17(21)20-10-7-15(12-20)19-8-3-2-4-9-19/h13-16H,2-12,18H2,1H3. The van der Waals surface area contributed by atoms with Gasteiger partial charge in [0, 0.05) is 31.1 Å². The molecule has 0 aromatic rings. The van der Waals surface area contributed by atoms with Crippen molar-refractivity contribution in [3.05, 3.63) is 0 Å². The van der Waals surface area contributed by atoms with Gasteiger partial charge in [0.25, 0.3) is 0 Å². The fourth-order valence-electron chi connectivity index (χ4n) is 4.56. The third-order valence-electron chi connectivity index (χ3n) is 5.91. The van der Waals surface area contributed by atoms with Crippen LogP contribution in [0.3, 0.4) is 0 Å². The second-order valence-electron chi connectivity index (χ2n) is 7.48. The molecule has 2 aliphatic heterocycles. The van der Waals surface area contributed by atoms with E-state index >= 15 is 0 Å². The SMILES string of the molecule is CC1CC(N)CCC1C(=O)N1CCC(N2CCCCC2)C1. The highest BCUT2D eigenvalue weighted by molar-refractivity contribution is 5.79. The Balaban J connectivity index is 1.54. The van der Waals surface area contributed by atoms with E-state index in [-0.39, 0.29) is 5.92 Å². The molecule has 120 valence electrons. The quantitative estimate of drug-likeness (QED) is 0.845. The van der Waals surface area contributed by atoms with E-state index < -0.39 is 0 Å². The van der Waals surface area contributed by atoms with Crippen LogP contribution in [0.2, 0.25) is 0 Å². The molecule has 1 amide bonds. The van der Waals surface area contributed by atoms with Crippen molar-refractivity contribution in [2.75, 3.05) is 26.2 Å². The van der Waals surface area contributed by atoms with Crippen molar-refractivity contribution < 1.29 is 4.79 Å². The largest absolute Gasteiger partial charge is 0.341 e. The summed E-state index contributed by atoms with van der Waals surface area (Å²) in [6, 6.07) is 0.930. The summed E-state index contributed by atoms with van der Waals surface area (Å²) in [4.78, 5) is 17.6. The molecule has 4 nitrogen and oxygen atoms in total. The van der Waals surface area contributed by atoms with Crippen LogP contribution in [0.4, 0.5) is 0 Å². The molecule has 0 spiro atoms.